The van der Waals surface area contributed by atoms with Crippen LogP contribution < -0.4 is 4.90 Å². The van der Waals surface area contributed by atoms with E-state index in [1.54, 1.807) is 53.5 Å². The molecule has 0 bridgehead atoms. The van der Waals surface area contributed by atoms with Gasteiger partial charge in [-0.15, -0.1) is 11.3 Å². The number of aliphatic hydroxyl groups is 1. The van der Waals surface area contributed by atoms with Gasteiger partial charge in [0, 0.05) is 10.4 Å². The van der Waals surface area contributed by atoms with E-state index >= 15 is 0 Å². The van der Waals surface area contributed by atoms with Gasteiger partial charge in [-0.1, -0.05) is 24.3 Å². The highest BCUT2D eigenvalue weighted by Gasteiger charge is 2.51. The van der Waals surface area contributed by atoms with E-state index in [1.807, 2.05) is 23.6 Å². The number of nitrogens with zero attached hydrogens (tertiary/aromatic N) is 1. The Kier molecular flexibility index (Phi) is 4.01. The summed E-state index contributed by atoms with van der Waals surface area (Å²) in [7, 11) is 0. The van der Waals surface area contributed by atoms with Crippen molar-refractivity contribution in [2.75, 3.05) is 4.90 Å². The van der Waals surface area contributed by atoms with Crippen LogP contribution in [0, 0.1) is 6.92 Å². The third-order valence-corrected chi connectivity index (χ3v) is 5.43. The minimum absolute atomic E-state index is 0.151. The molecule has 0 aliphatic carbocycles. The second-order valence-electron chi connectivity index (χ2n) is 6.36. The third-order valence-electron chi connectivity index (χ3n) is 4.56. The summed E-state index contributed by atoms with van der Waals surface area (Å²) >= 11 is 1.54. The van der Waals surface area contributed by atoms with Crippen LogP contribution in [0.1, 0.15) is 33.2 Å². The molecule has 1 N–H and O–H groups in total. The van der Waals surface area contributed by atoms with Gasteiger partial charge in [0.25, 0.3) is 5.91 Å². The molecule has 1 aromatic carbocycles. The molecule has 26 heavy (non-hydrogen) atoms. The Morgan fingerprint density at radius 3 is 2.69 bits per heavy atom. The number of carbonyl (C=O) groups excluding carboxylic acids is 2. The monoisotopic (exact) mass is 367 g/mol. The number of furan rings is 1. The maximum atomic E-state index is 13.1. The molecule has 0 unspecified atom stereocenters. The molecule has 6 heteroatoms. The minimum Gasteiger partial charge on any atom is -0.458 e. The molecular formula is C20H17NO4S. The molecule has 3 heterocycles. The number of ketones is 1. The highest BCUT2D eigenvalue weighted by molar-refractivity contribution is 7.09. The lowest BCUT2D eigenvalue weighted by Crippen LogP contribution is -2.41. The summed E-state index contributed by atoms with van der Waals surface area (Å²) in [6.45, 7) is 2.11. The molecule has 0 saturated heterocycles. The molecule has 4 rings (SSSR count). The fourth-order valence-electron chi connectivity index (χ4n) is 3.30. The van der Waals surface area contributed by atoms with Gasteiger partial charge in [0.1, 0.15) is 5.76 Å². The lowest BCUT2D eigenvalue weighted by atomic mass is 9.89. The Hall–Kier alpha value is -2.70. The van der Waals surface area contributed by atoms with Crippen LogP contribution in [-0.2, 0) is 16.9 Å². The van der Waals surface area contributed by atoms with E-state index in [2.05, 4.69) is 0 Å². The van der Waals surface area contributed by atoms with Gasteiger partial charge in [-0.25, -0.2) is 0 Å². The zero-order valence-electron chi connectivity index (χ0n) is 14.1. The predicted molar refractivity (Wildman–Crippen MR) is 98.2 cm³/mol. The molecular weight excluding hydrogens is 350 g/mol. The number of aryl methyl sites for hydroxylation is 1. The molecule has 0 spiro atoms. The molecule has 0 radical (unpaired) electrons. The van der Waals surface area contributed by atoms with Crippen LogP contribution >= 0.6 is 11.3 Å². The average molecular weight is 367 g/mol. The highest BCUT2D eigenvalue weighted by atomic mass is 32.1. The number of amides is 1. The van der Waals surface area contributed by atoms with Crippen LogP contribution in [-0.4, -0.2) is 16.8 Å². The summed E-state index contributed by atoms with van der Waals surface area (Å²) < 4.78 is 5.35. The summed E-state index contributed by atoms with van der Waals surface area (Å²) in [4.78, 5) is 28.2. The van der Waals surface area contributed by atoms with Crippen LogP contribution in [0.5, 0.6) is 0 Å². The van der Waals surface area contributed by atoms with Gasteiger partial charge >= 0.3 is 0 Å². The first-order valence-electron chi connectivity index (χ1n) is 8.25. The lowest BCUT2D eigenvalue weighted by Gasteiger charge is -2.22. The summed E-state index contributed by atoms with van der Waals surface area (Å²) in [6.07, 6.45) is -0.350. The Bertz CT molecular complexity index is 975. The summed E-state index contributed by atoms with van der Waals surface area (Å²) in [5.74, 6) is -0.124. The van der Waals surface area contributed by atoms with Gasteiger partial charge in [-0.2, -0.15) is 0 Å². The van der Waals surface area contributed by atoms with Crippen molar-refractivity contribution < 1.29 is 19.1 Å². The largest absolute Gasteiger partial charge is 0.458 e. The van der Waals surface area contributed by atoms with Crippen molar-refractivity contribution in [1.82, 2.24) is 0 Å². The van der Waals surface area contributed by atoms with Gasteiger partial charge in [0.15, 0.2) is 11.4 Å². The van der Waals surface area contributed by atoms with Gasteiger partial charge in [0.2, 0.25) is 5.78 Å². The third kappa shape index (κ3) is 2.67. The highest BCUT2D eigenvalue weighted by Crippen LogP contribution is 2.43. The Morgan fingerprint density at radius 2 is 2.00 bits per heavy atom. The van der Waals surface area contributed by atoms with E-state index in [-0.39, 0.29) is 12.2 Å². The summed E-state index contributed by atoms with van der Waals surface area (Å²) in [5.41, 5.74) is -0.791. The minimum atomic E-state index is -1.88. The van der Waals surface area contributed by atoms with Crippen LogP contribution in [0.2, 0.25) is 0 Å². The number of benzene rings is 1. The second kappa shape index (κ2) is 6.23. The molecule has 0 saturated carbocycles. The van der Waals surface area contributed by atoms with Crippen molar-refractivity contribution in [3.63, 3.8) is 0 Å². The smallest absolute Gasteiger partial charge is 0.264 e. The van der Waals surface area contributed by atoms with Crippen molar-refractivity contribution in [3.05, 3.63) is 75.9 Å². The van der Waals surface area contributed by atoms with Gasteiger partial charge < -0.3 is 14.4 Å². The quantitative estimate of drug-likeness (QED) is 0.699. The predicted octanol–water partition coefficient (Wildman–Crippen LogP) is 3.66. The number of hydrogen-bond acceptors (Lipinski definition) is 5. The van der Waals surface area contributed by atoms with E-state index in [4.69, 9.17) is 4.42 Å². The molecule has 1 aliphatic heterocycles. The van der Waals surface area contributed by atoms with E-state index in [0.29, 0.717) is 23.6 Å². The first-order valence-corrected chi connectivity index (χ1v) is 9.13. The number of anilines is 1. The standard InChI is InChI=1S/C20H17NO4S/c1-13-8-9-18(25-13)17(22)11-20(24)15-6-2-3-7-16(15)21(19(20)23)12-14-5-4-10-26-14/h2-10,24H,11-12H2,1H3/t20-/m1/s1. The molecule has 2 aromatic heterocycles. The zero-order chi connectivity index (χ0) is 18.3. The second-order valence-corrected chi connectivity index (χ2v) is 7.39. The molecule has 3 aromatic rings. The summed E-state index contributed by atoms with van der Waals surface area (Å²) in [6, 6.07) is 14.2. The van der Waals surface area contributed by atoms with Crippen molar-refractivity contribution in [2.24, 2.45) is 0 Å². The van der Waals surface area contributed by atoms with Gasteiger partial charge in [0.05, 0.1) is 18.7 Å². The van der Waals surface area contributed by atoms with E-state index in [1.165, 1.54) is 0 Å². The number of rotatable bonds is 5. The van der Waals surface area contributed by atoms with Crippen molar-refractivity contribution in [2.45, 2.75) is 25.5 Å². The average Bonchev–Trinajstić information content (AvgIpc) is 3.33. The van der Waals surface area contributed by atoms with Crippen molar-refractivity contribution in [3.8, 4) is 0 Å². The molecule has 1 amide bonds. The summed E-state index contributed by atoms with van der Waals surface area (Å²) in [5, 5.41) is 13.1. The molecule has 0 fully saturated rings. The van der Waals surface area contributed by atoms with Gasteiger partial charge in [-0.3, -0.25) is 9.59 Å². The van der Waals surface area contributed by atoms with Gasteiger partial charge in [-0.05, 0) is 36.6 Å². The maximum absolute atomic E-state index is 13.1. The Morgan fingerprint density at radius 1 is 1.19 bits per heavy atom. The molecule has 1 aliphatic rings. The van der Waals surface area contributed by atoms with E-state index in [9.17, 15) is 14.7 Å². The topological polar surface area (TPSA) is 70.8 Å². The molecule has 132 valence electrons. The number of fused-ring (bicyclic) bond motifs is 1. The zero-order valence-corrected chi connectivity index (χ0v) is 15.0. The Labute approximate surface area is 154 Å². The molecule has 1 atom stereocenters. The van der Waals surface area contributed by atoms with Crippen molar-refractivity contribution >= 4 is 28.7 Å². The van der Waals surface area contributed by atoms with Crippen LogP contribution in [0.4, 0.5) is 5.69 Å². The van der Waals surface area contributed by atoms with Crippen LogP contribution in [0.15, 0.2) is 58.3 Å². The van der Waals surface area contributed by atoms with Crippen LogP contribution in [0.25, 0.3) is 0 Å². The van der Waals surface area contributed by atoms with E-state index in [0.717, 1.165) is 4.88 Å². The first-order chi connectivity index (χ1) is 12.5. The number of thiophene rings is 1. The number of carbonyl (C=O) groups is 2. The Balaban J connectivity index is 1.69. The van der Waals surface area contributed by atoms with Crippen molar-refractivity contribution in [1.29, 1.82) is 0 Å². The lowest BCUT2D eigenvalue weighted by molar-refractivity contribution is -0.136. The van der Waals surface area contributed by atoms with Crippen LogP contribution in [0.3, 0.4) is 0 Å². The number of para-hydroxylation sites is 1. The molecule has 5 nitrogen and oxygen atoms in total. The first kappa shape index (κ1) is 16.8. The fourth-order valence-corrected chi connectivity index (χ4v) is 3.99. The SMILES string of the molecule is Cc1ccc(C(=O)C[C@]2(O)C(=O)N(Cc3cccs3)c3ccccc32)o1. The normalized spacial score (nSPS) is 19.0. The van der Waals surface area contributed by atoms with E-state index < -0.39 is 17.3 Å². The number of Topliss-reactive ketones (excluding diaryl/α,β-unsaturated/α-hetero) is 1. The maximum Gasteiger partial charge on any atom is 0.264 e. The fraction of sp³-hybridized carbons (Fsp3) is 0.200. The number of hydrogen-bond donors (Lipinski definition) is 1.